The minimum Gasteiger partial charge on any atom is -0.370 e. The molecule has 7 heteroatoms. The lowest BCUT2D eigenvalue weighted by Crippen LogP contribution is -2.42. The number of carbonyl (C=O) groups excluding carboxylic acids is 1. The van der Waals surface area contributed by atoms with Crippen molar-refractivity contribution in [2.75, 3.05) is 19.7 Å². The van der Waals surface area contributed by atoms with E-state index in [9.17, 15) is 4.79 Å². The third kappa shape index (κ3) is 3.16. The summed E-state index contributed by atoms with van der Waals surface area (Å²) in [6, 6.07) is 7.15. The van der Waals surface area contributed by atoms with E-state index in [0.717, 1.165) is 24.1 Å². The zero-order valence-electron chi connectivity index (χ0n) is 12.9. The number of amides is 1. The lowest BCUT2D eigenvalue weighted by Gasteiger charge is -2.32. The van der Waals surface area contributed by atoms with E-state index < -0.39 is 0 Å². The maximum Gasteiger partial charge on any atom is 0.292 e. The van der Waals surface area contributed by atoms with Gasteiger partial charge in [-0.1, -0.05) is 34.4 Å². The molecule has 4 rings (SSSR count). The smallest absolute Gasteiger partial charge is 0.292 e. The Labute approximate surface area is 149 Å². The number of halogens is 2. The number of hydrogen-bond donors (Lipinski definition) is 0. The number of morpholine rings is 1. The van der Waals surface area contributed by atoms with E-state index in [2.05, 4.69) is 5.16 Å². The second kappa shape index (κ2) is 6.39. The fourth-order valence-corrected chi connectivity index (χ4v) is 3.17. The van der Waals surface area contributed by atoms with Gasteiger partial charge in [-0.2, -0.15) is 0 Å². The average molecular weight is 367 g/mol. The van der Waals surface area contributed by atoms with Crippen molar-refractivity contribution in [1.82, 2.24) is 10.1 Å². The van der Waals surface area contributed by atoms with Gasteiger partial charge >= 0.3 is 0 Å². The Hall–Kier alpha value is -1.56. The first kappa shape index (κ1) is 15.9. The summed E-state index contributed by atoms with van der Waals surface area (Å²) in [5.74, 6) is 0.610. The summed E-state index contributed by atoms with van der Waals surface area (Å²) in [6.45, 7) is 1.42. The molecule has 2 aromatic rings. The Kier molecular flexibility index (Phi) is 4.24. The Bertz CT molecular complexity index is 773. The lowest BCUT2D eigenvalue weighted by atomic mass is 10.1. The monoisotopic (exact) mass is 366 g/mol. The standard InChI is InChI=1S/C17H16Cl2N2O3/c18-12-4-3-11(7-13(12)19)16-9-21(5-6-23-16)17(22)15-8-14(20-24-15)10-1-2-10/h3-4,7-8,10,16H,1-2,5-6,9H2/t16-/m0/s1. The third-order valence-corrected chi connectivity index (χ3v) is 5.14. The molecule has 1 saturated carbocycles. The quantitative estimate of drug-likeness (QED) is 0.821. The van der Waals surface area contributed by atoms with E-state index in [1.807, 2.05) is 6.07 Å². The van der Waals surface area contributed by atoms with Crippen LogP contribution in [0, 0.1) is 0 Å². The second-order valence-electron chi connectivity index (χ2n) is 6.17. The van der Waals surface area contributed by atoms with Crippen molar-refractivity contribution < 1.29 is 14.1 Å². The first-order valence-electron chi connectivity index (χ1n) is 7.94. The molecular weight excluding hydrogens is 351 g/mol. The van der Waals surface area contributed by atoms with Gasteiger partial charge in [-0.25, -0.2) is 0 Å². The highest BCUT2D eigenvalue weighted by molar-refractivity contribution is 6.42. The van der Waals surface area contributed by atoms with Crippen LogP contribution in [0.1, 0.15) is 46.7 Å². The van der Waals surface area contributed by atoms with E-state index in [1.165, 1.54) is 0 Å². The van der Waals surface area contributed by atoms with Crippen LogP contribution in [0.4, 0.5) is 0 Å². The molecule has 0 spiro atoms. The molecule has 24 heavy (non-hydrogen) atoms. The molecule has 1 aromatic heterocycles. The van der Waals surface area contributed by atoms with Gasteiger partial charge in [-0.05, 0) is 30.5 Å². The van der Waals surface area contributed by atoms with Crippen LogP contribution < -0.4 is 0 Å². The fourth-order valence-electron chi connectivity index (χ4n) is 2.87. The molecule has 1 amide bonds. The molecule has 1 atom stereocenters. The van der Waals surface area contributed by atoms with Crippen LogP contribution in [-0.2, 0) is 4.74 Å². The molecule has 2 fully saturated rings. The number of nitrogens with zero attached hydrogens (tertiary/aromatic N) is 2. The fraction of sp³-hybridized carbons (Fsp3) is 0.412. The highest BCUT2D eigenvalue weighted by Gasteiger charge is 2.31. The largest absolute Gasteiger partial charge is 0.370 e. The number of carbonyl (C=O) groups is 1. The van der Waals surface area contributed by atoms with Gasteiger partial charge in [0.25, 0.3) is 5.91 Å². The first-order valence-corrected chi connectivity index (χ1v) is 8.70. The summed E-state index contributed by atoms with van der Waals surface area (Å²) in [4.78, 5) is 14.4. The maximum atomic E-state index is 12.6. The van der Waals surface area contributed by atoms with Crippen LogP contribution in [0.3, 0.4) is 0 Å². The summed E-state index contributed by atoms with van der Waals surface area (Å²) >= 11 is 12.0. The molecule has 2 heterocycles. The van der Waals surface area contributed by atoms with Crippen molar-refractivity contribution in [2.24, 2.45) is 0 Å². The molecule has 0 unspecified atom stereocenters. The zero-order valence-corrected chi connectivity index (χ0v) is 14.4. The minimum absolute atomic E-state index is 0.150. The molecule has 2 aliphatic rings. The molecule has 1 saturated heterocycles. The number of benzene rings is 1. The van der Waals surface area contributed by atoms with Gasteiger partial charge in [0.2, 0.25) is 5.76 Å². The van der Waals surface area contributed by atoms with Gasteiger partial charge in [0.15, 0.2) is 0 Å². The van der Waals surface area contributed by atoms with Crippen LogP contribution in [0.2, 0.25) is 10.0 Å². The summed E-state index contributed by atoms with van der Waals surface area (Å²) in [6.07, 6.45) is 2.01. The summed E-state index contributed by atoms with van der Waals surface area (Å²) in [5.41, 5.74) is 1.78. The van der Waals surface area contributed by atoms with Crippen molar-refractivity contribution in [3.05, 3.63) is 51.3 Å². The molecule has 126 valence electrons. The van der Waals surface area contributed by atoms with Gasteiger partial charge in [0.05, 0.1) is 28.9 Å². The van der Waals surface area contributed by atoms with E-state index >= 15 is 0 Å². The van der Waals surface area contributed by atoms with Crippen LogP contribution in [0.15, 0.2) is 28.8 Å². The van der Waals surface area contributed by atoms with Crippen LogP contribution in [0.5, 0.6) is 0 Å². The number of hydrogen-bond acceptors (Lipinski definition) is 4. The van der Waals surface area contributed by atoms with Gasteiger partial charge in [0, 0.05) is 18.5 Å². The minimum atomic E-state index is -0.233. The van der Waals surface area contributed by atoms with Crippen LogP contribution in [-0.4, -0.2) is 35.7 Å². The molecule has 1 aliphatic heterocycles. The lowest BCUT2D eigenvalue weighted by molar-refractivity contribution is -0.0240. The first-order chi connectivity index (χ1) is 11.6. The van der Waals surface area contributed by atoms with Crippen LogP contribution >= 0.6 is 23.2 Å². The van der Waals surface area contributed by atoms with E-state index in [1.54, 1.807) is 23.1 Å². The van der Waals surface area contributed by atoms with Crippen molar-refractivity contribution >= 4 is 29.1 Å². The van der Waals surface area contributed by atoms with Crippen LogP contribution in [0.25, 0.3) is 0 Å². The summed E-state index contributed by atoms with van der Waals surface area (Å²) < 4.78 is 11.0. The molecule has 0 radical (unpaired) electrons. The summed E-state index contributed by atoms with van der Waals surface area (Å²) in [7, 11) is 0. The molecule has 0 bridgehead atoms. The van der Waals surface area contributed by atoms with Crippen molar-refractivity contribution in [3.8, 4) is 0 Å². The van der Waals surface area contributed by atoms with Gasteiger partial charge in [-0.3, -0.25) is 4.79 Å². The molecular formula is C17H16Cl2N2O3. The predicted octanol–water partition coefficient (Wildman–Crippen LogP) is 4.07. The highest BCUT2D eigenvalue weighted by atomic mass is 35.5. The summed E-state index contributed by atoms with van der Waals surface area (Å²) in [5, 5.41) is 4.98. The number of rotatable bonds is 3. The zero-order chi connectivity index (χ0) is 16.7. The Morgan fingerprint density at radius 1 is 1.21 bits per heavy atom. The Morgan fingerprint density at radius 2 is 2.04 bits per heavy atom. The topological polar surface area (TPSA) is 55.6 Å². The number of aromatic nitrogens is 1. The molecule has 1 aliphatic carbocycles. The molecule has 5 nitrogen and oxygen atoms in total. The highest BCUT2D eigenvalue weighted by Crippen LogP contribution is 2.39. The third-order valence-electron chi connectivity index (χ3n) is 4.40. The molecule has 1 aromatic carbocycles. The predicted molar refractivity (Wildman–Crippen MR) is 89.5 cm³/mol. The van der Waals surface area contributed by atoms with Crippen molar-refractivity contribution in [3.63, 3.8) is 0 Å². The SMILES string of the molecule is O=C(c1cc(C2CC2)no1)N1CCO[C@H](c2ccc(Cl)c(Cl)c2)C1. The van der Waals surface area contributed by atoms with Gasteiger partial charge in [-0.15, -0.1) is 0 Å². The van der Waals surface area contributed by atoms with Crippen molar-refractivity contribution in [1.29, 1.82) is 0 Å². The Balaban J connectivity index is 1.48. The maximum absolute atomic E-state index is 12.6. The van der Waals surface area contributed by atoms with E-state index in [4.69, 9.17) is 32.5 Å². The second-order valence-corrected chi connectivity index (χ2v) is 6.99. The van der Waals surface area contributed by atoms with Gasteiger partial charge in [0.1, 0.15) is 6.10 Å². The van der Waals surface area contributed by atoms with Gasteiger partial charge < -0.3 is 14.2 Å². The number of ether oxygens (including phenoxy) is 1. The van der Waals surface area contributed by atoms with E-state index in [-0.39, 0.29) is 12.0 Å². The average Bonchev–Trinajstić information content (AvgIpc) is 3.34. The Morgan fingerprint density at radius 3 is 2.79 bits per heavy atom. The normalized spacial score (nSPS) is 21.1. The van der Waals surface area contributed by atoms with E-state index in [0.29, 0.717) is 41.4 Å². The van der Waals surface area contributed by atoms with Crippen molar-refractivity contribution in [2.45, 2.75) is 24.9 Å². The molecule has 0 N–H and O–H groups in total.